The molecule has 7 heteroatoms. The van der Waals surface area contributed by atoms with Crippen LogP contribution in [0.15, 0.2) is 35.8 Å². The Kier molecular flexibility index (Phi) is 4.24. The number of carbonyl (C=O) groups is 1. The highest BCUT2D eigenvalue weighted by Gasteiger charge is 2.09. The van der Waals surface area contributed by atoms with Gasteiger partial charge in [-0.1, -0.05) is 29.8 Å². The first-order valence-corrected chi connectivity index (χ1v) is 7.76. The standard InChI is InChI=1S/C15H15N5OS/c1-10-2-4-11(5-3-10)15-18-12(9-22-15)6-7-16-14(21)13-8-17-20-19-13/h2-5,8-9H,6-7H2,1H3,(H,16,21)(H,17,19,20). The van der Waals surface area contributed by atoms with Crippen LogP contribution in [0.5, 0.6) is 0 Å². The third kappa shape index (κ3) is 3.37. The average molecular weight is 313 g/mol. The number of nitrogens with zero attached hydrogens (tertiary/aromatic N) is 3. The van der Waals surface area contributed by atoms with Crippen molar-refractivity contribution in [3.8, 4) is 10.6 Å². The van der Waals surface area contributed by atoms with E-state index in [2.05, 4.69) is 56.9 Å². The van der Waals surface area contributed by atoms with E-state index in [9.17, 15) is 4.79 Å². The average Bonchev–Trinajstić information content (AvgIpc) is 3.19. The van der Waals surface area contributed by atoms with Gasteiger partial charge in [-0.2, -0.15) is 15.4 Å². The molecule has 0 atom stereocenters. The highest BCUT2D eigenvalue weighted by molar-refractivity contribution is 7.13. The third-order valence-electron chi connectivity index (χ3n) is 3.16. The number of aromatic nitrogens is 4. The van der Waals surface area contributed by atoms with E-state index in [1.807, 2.05) is 5.38 Å². The van der Waals surface area contributed by atoms with E-state index < -0.39 is 0 Å². The molecule has 1 aromatic carbocycles. The van der Waals surface area contributed by atoms with E-state index in [1.165, 1.54) is 11.8 Å². The van der Waals surface area contributed by atoms with E-state index in [4.69, 9.17) is 0 Å². The molecule has 0 bridgehead atoms. The van der Waals surface area contributed by atoms with Crippen molar-refractivity contribution < 1.29 is 4.79 Å². The van der Waals surface area contributed by atoms with Gasteiger partial charge in [0.2, 0.25) is 0 Å². The first-order valence-electron chi connectivity index (χ1n) is 6.88. The Hall–Kier alpha value is -2.54. The Morgan fingerprint density at radius 3 is 2.86 bits per heavy atom. The number of aromatic amines is 1. The van der Waals surface area contributed by atoms with Gasteiger partial charge in [0, 0.05) is 23.9 Å². The first-order chi connectivity index (χ1) is 10.7. The Morgan fingerprint density at radius 2 is 2.14 bits per heavy atom. The van der Waals surface area contributed by atoms with E-state index in [0.717, 1.165) is 16.3 Å². The molecule has 0 aliphatic carbocycles. The molecule has 2 N–H and O–H groups in total. The van der Waals surface area contributed by atoms with Crippen molar-refractivity contribution in [2.24, 2.45) is 0 Å². The lowest BCUT2D eigenvalue weighted by Gasteiger charge is -2.00. The van der Waals surface area contributed by atoms with Crippen molar-refractivity contribution in [1.82, 2.24) is 25.7 Å². The molecule has 0 aliphatic rings. The number of hydrogen-bond acceptors (Lipinski definition) is 5. The number of nitrogens with one attached hydrogen (secondary N) is 2. The molecule has 2 heterocycles. The molecule has 1 amide bonds. The maximum absolute atomic E-state index is 11.7. The Bertz CT molecular complexity index is 749. The van der Waals surface area contributed by atoms with E-state index in [1.54, 1.807) is 11.3 Å². The van der Waals surface area contributed by atoms with E-state index in [0.29, 0.717) is 18.7 Å². The van der Waals surface area contributed by atoms with Crippen molar-refractivity contribution in [2.45, 2.75) is 13.3 Å². The summed E-state index contributed by atoms with van der Waals surface area (Å²) in [6.45, 7) is 2.58. The molecular weight excluding hydrogens is 298 g/mol. The molecule has 6 nitrogen and oxygen atoms in total. The minimum atomic E-state index is -0.234. The second-order valence-corrected chi connectivity index (χ2v) is 5.73. The van der Waals surface area contributed by atoms with Gasteiger partial charge in [-0.3, -0.25) is 4.79 Å². The number of thiazole rings is 1. The second kappa shape index (κ2) is 6.48. The molecule has 0 aliphatic heterocycles. The van der Waals surface area contributed by atoms with Gasteiger partial charge in [-0.25, -0.2) is 4.98 Å². The van der Waals surface area contributed by atoms with Crippen molar-refractivity contribution in [3.63, 3.8) is 0 Å². The molecule has 0 saturated heterocycles. The quantitative estimate of drug-likeness (QED) is 0.756. The van der Waals surface area contributed by atoms with Crippen LogP contribution in [-0.4, -0.2) is 32.8 Å². The van der Waals surface area contributed by atoms with E-state index >= 15 is 0 Å². The zero-order valence-electron chi connectivity index (χ0n) is 12.0. The molecular formula is C15H15N5OS. The summed E-state index contributed by atoms with van der Waals surface area (Å²) in [5.74, 6) is -0.234. The smallest absolute Gasteiger partial charge is 0.273 e. The second-order valence-electron chi connectivity index (χ2n) is 4.87. The fourth-order valence-electron chi connectivity index (χ4n) is 1.96. The minimum absolute atomic E-state index is 0.234. The van der Waals surface area contributed by atoms with Crippen LogP contribution in [0.1, 0.15) is 21.7 Å². The molecule has 0 saturated carbocycles. The van der Waals surface area contributed by atoms with Gasteiger partial charge in [0.05, 0.1) is 11.9 Å². The van der Waals surface area contributed by atoms with Crippen LogP contribution >= 0.6 is 11.3 Å². The maximum atomic E-state index is 11.7. The molecule has 0 fully saturated rings. The lowest BCUT2D eigenvalue weighted by molar-refractivity contribution is 0.0949. The summed E-state index contributed by atoms with van der Waals surface area (Å²) < 4.78 is 0. The Labute approximate surface area is 131 Å². The largest absolute Gasteiger partial charge is 0.350 e. The molecule has 0 spiro atoms. The van der Waals surface area contributed by atoms with Gasteiger partial charge in [0.25, 0.3) is 5.91 Å². The van der Waals surface area contributed by atoms with E-state index in [-0.39, 0.29) is 5.91 Å². The summed E-state index contributed by atoms with van der Waals surface area (Å²) in [5.41, 5.74) is 3.62. The molecule has 3 aromatic rings. The maximum Gasteiger partial charge on any atom is 0.273 e. The lowest BCUT2D eigenvalue weighted by Crippen LogP contribution is -2.26. The number of hydrogen-bond donors (Lipinski definition) is 2. The number of carbonyl (C=O) groups excluding carboxylic acids is 1. The van der Waals surface area contributed by atoms with Crippen molar-refractivity contribution in [1.29, 1.82) is 0 Å². The van der Waals surface area contributed by atoms with Crippen molar-refractivity contribution in [3.05, 3.63) is 52.8 Å². The van der Waals surface area contributed by atoms with Gasteiger partial charge in [0.15, 0.2) is 5.69 Å². The Balaban J connectivity index is 1.56. The van der Waals surface area contributed by atoms with Crippen molar-refractivity contribution >= 4 is 17.2 Å². The summed E-state index contributed by atoms with van der Waals surface area (Å²) >= 11 is 1.61. The minimum Gasteiger partial charge on any atom is -0.350 e. The summed E-state index contributed by atoms with van der Waals surface area (Å²) in [6.07, 6.45) is 2.08. The molecule has 112 valence electrons. The van der Waals surface area contributed by atoms with Gasteiger partial charge < -0.3 is 5.32 Å². The van der Waals surface area contributed by atoms with Crippen LogP contribution in [-0.2, 0) is 6.42 Å². The van der Waals surface area contributed by atoms with Gasteiger partial charge in [-0.05, 0) is 6.92 Å². The fraction of sp³-hybridized carbons (Fsp3) is 0.200. The van der Waals surface area contributed by atoms with Crippen molar-refractivity contribution in [2.75, 3.05) is 6.54 Å². The highest BCUT2D eigenvalue weighted by atomic mass is 32.1. The first kappa shape index (κ1) is 14.4. The summed E-state index contributed by atoms with van der Waals surface area (Å²) in [6, 6.07) is 8.30. The van der Waals surface area contributed by atoms with Crippen LogP contribution < -0.4 is 5.32 Å². The fourth-order valence-corrected chi connectivity index (χ4v) is 2.82. The highest BCUT2D eigenvalue weighted by Crippen LogP contribution is 2.24. The van der Waals surface area contributed by atoms with Crippen LogP contribution in [0.25, 0.3) is 10.6 Å². The summed E-state index contributed by atoms with van der Waals surface area (Å²) in [5, 5.41) is 15.6. The molecule has 2 aromatic heterocycles. The normalized spacial score (nSPS) is 10.6. The zero-order valence-corrected chi connectivity index (χ0v) is 12.9. The Morgan fingerprint density at radius 1 is 1.32 bits per heavy atom. The number of rotatable bonds is 5. The van der Waals surface area contributed by atoms with Crippen LogP contribution in [0, 0.1) is 6.92 Å². The number of amides is 1. The molecule has 3 rings (SSSR count). The van der Waals surface area contributed by atoms with Gasteiger partial charge in [0.1, 0.15) is 5.01 Å². The third-order valence-corrected chi connectivity index (χ3v) is 4.10. The topological polar surface area (TPSA) is 83.6 Å². The number of aryl methyl sites for hydroxylation is 1. The predicted molar refractivity (Wildman–Crippen MR) is 84.7 cm³/mol. The summed E-state index contributed by atoms with van der Waals surface area (Å²) in [4.78, 5) is 16.3. The summed E-state index contributed by atoms with van der Waals surface area (Å²) in [7, 11) is 0. The van der Waals surface area contributed by atoms with Gasteiger partial charge >= 0.3 is 0 Å². The van der Waals surface area contributed by atoms with Crippen LogP contribution in [0.4, 0.5) is 0 Å². The SMILES string of the molecule is Cc1ccc(-c2nc(CCNC(=O)c3cn[nH]n3)cs2)cc1. The molecule has 0 radical (unpaired) electrons. The molecule has 0 unspecified atom stereocenters. The lowest BCUT2D eigenvalue weighted by atomic mass is 10.2. The zero-order chi connectivity index (χ0) is 15.4. The molecule has 22 heavy (non-hydrogen) atoms. The van der Waals surface area contributed by atoms with Gasteiger partial charge in [-0.15, -0.1) is 11.3 Å². The van der Waals surface area contributed by atoms with Crippen LogP contribution in [0.2, 0.25) is 0 Å². The number of H-pyrrole nitrogens is 1. The predicted octanol–water partition coefficient (Wildman–Crippen LogP) is 2.21. The van der Waals surface area contributed by atoms with Crippen LogP contribution in [0.3, 0.4) is 0 Å². The monoisotopic (exact) mass is 313 g/mol. The number of benzene rings is 1.